The largest absolute Gasteiger partial charge is 0.343 e. The van der Waals surface area contributed by atoms with Gasteiger partial charge in [-0.2, -0.15) is 0 Å². The van der Waals surface area contributed by atoms with Crippen LogP contribution in [0.2, 0.25) is 0 Å². The average molecular weight is 170 g/mol. The van der Waals surface area contributed by atoms with Gasteiger partial charge in [-0.05, 0) is 32.4 Å². The number of amides is 1. The molecule has 1 saturated heterocycles. The summed E-state index contributed by atoms with van der Waals surface area (Å²) < 4.78 is 0. The Morgan fingerprint density at radius 3 is 2.67 bits per heavy atom. The molecule has 0 atom stereocenters. The molecule has 1 rings (SSSR count). The standard InChI is InChI=1S/C9H18N2O/c1-2-5-9(12)10-8-11-6-3-4-7-11/h2-8H2,1H3,(H,10,12). The van der Waals surface area contributed by atoms with E-state index in [1.54, 1.807) is 0 Å². The Labute approximate surface area is 74.1 Å². The van der Waals surface area contributed by atoms with Gasteiger partial charge in [-0.3, -0.25) is 9.69 Å². The predicted molar refractivity (Wildman–Crippen MR) is 48.7 cm³/mol. The number of carbonyl (C=O) groups is 1. The molecule has 1 aliphatic heterocycles. The van der Waals surface area contributed by atoms with Crippen LogP contribution in [-0.4, -0.2) is 30.6 Å². The number of rotatable bonds is 4. The van der Waals surface area contributed by atoms with E-state index >= 15 is 0 Å². The quantitative estimate of drug-likeness (QED) is 0.681. The van der Waals surface area contributed by atoms with Crippen LogP contribution in [0.5, 0.6) is 0 Å². The first-order valence-corrected chi connectivity index (χ1v) is 4.82. The molecule has 3 heteroatoms. The number of hydrogen-bond acceptors (Lipinski definition) is 2. The summed E-state index contributed by atoms with van der Waals surface area (Å²) in [6.07, 6.45) is 4.16. The highest BCUT2D eigenvalue weighted by atomic mass is 16.1. The van der Waals surface area contributed by atoms with Crippen molar-refractivity contribution in [1.82, 2.24) is 10.2 Å². The second kappa shape index (κ2) is 5.14. The lowest BCUT2D eigenvalue weighted by atomic mass is 10.3. The number of nitrogens with one attached hydrogen (secondary N) is 1. The van der Waals surface area contributed by atoms with Crippen LogP contribution in [0, 0.1) is 0 Å². The van der Waals surface area contributed by atoms with Crippen LogP contribution in [0.4, 0.5) is 0 Å². The number of likely N-dealkylation sites (tertiary alicyclic amines) is 1. The molecule has 0 aromatic rings. The van der Waals surface area contributed by atoms with Crippen LogP contribution in [0.15, 0.2) is 0 Å². The van der Waals surface area contributed by atoms with E-state index in [1.165, 1.54) is 12.8 Å². The van der Waals surface area contributed by atoms with E-state index in [0.717, 1.165) is 26.2 Å². The van der Waals surface area contributed by atoms with E-state index < -0.39 is 0 Å². The molecule has 1 N–H and O–H groups in total. The van der Waals surface area contributed by atoms with Crippen LogP contribution < -0.4 is 5.32 Å². The predicted octanol–water partition coefficient (Wildman–Crippen LogP) is 0.956. The summed E-state index contributed by atoms with van der Waals surface area (Å²) in [6, 6.07) is 0. The molecule has 0 bridgehead atoms. The molecule has 1 fully saturated rings. The highest BCUT2D eigenvalue weighted by Gasteiger charge is 2.11. The fourth-order valence-corrected chi connectivity index (χ4v) is 1.46. The highest BCUT2D eigenvalue weighted by molar-refractivity contribution is 5.75. The van der Waals surface area contributed by atoms with Crippen LogP contribution in [0.25, 0.3) is 0 Å². The van der Waals surface area contributed by atoms with Gasteiger partial charge in [-0.15, -0.1) is 0 Å². The van der Waals surface area contributed by atoms with Gasteiger partial charge in [0, 0.05) is 6.42 Å². The molecular weight excluding hydrogens is 152 g/mol. The molecule has 0 aromatic heterocycles. The first kappa shape index (κ1) is 9.52. The van der Waals surface area contributed by atoms with Crippen molar-refractivity contribution in [1.29, 1.82) is 0 Å². The Bertz CT molecular complexity index is 141. The fourth-order valence-electron chi connectivity index (χ4n) is 1.46. The summed E-state index contributed by atoms with van der Waals surface area (Å²) >= 11 is 0. The van der Waals surface area contributed by atoms with Crippen molar-refractivity contribution in [2.24, 2.45) is 0 Å². The Morgan fingerprint density at radius 2 is 2.08 bits per heavy atom. The van der Waals surface area contributed by atoms with E-state index in [9.17, 15) is 4.79 Å². The summed E-state index contributed by atoms with van der Waals surface area (Å²) in [6.45, 7) is 5.06. The van der Waals surface area contributed by atoms with Gasteiger partial charge in [-0.25, -0.2) is 0 Å². The Hall–Kier alpha value is -0.570. The van der Waals surface area contributed by atoms with Crippen LogP contribution in [0.1, 0.15) is 32.6 Å². The van der Waals surface area contributed by atoms with Crippen LogP contribution >= 0.6 is 0 Å². The van der Waals surface area contributed by atoms with E-state index in [-0.39, 0.29) is 5.91 Å². The smallest absolute Gasteiger partial charge is 0.220 e. The second-order valence-electron chi connectivity index (χ2n) is 3.33. The molecular formula is C9H18N2O. The maximum Gasteiger partial charge on any atom is 0.220 e. The van der Waals surface area contributed by atoms with Gasteiger partial charge in [0.05, 0.1) is 6.67 Å². The van der Waals surface area contributed by atoms with E-state index in [4.69, 9.17) is 0 Å². The third kappa shape index (κ3) is 3.22. The molecule has 0 unspecified atom stereocenters. The Balaban J connectivity index is 2.03. The first-order valence-electron chi connectivity index (χ1n) is 4.82. The minimum Gasteiger partial charge on any atom is -0.343 e. The summed E-state index contributed by atoms with van der Waals surface area (Å²) in [5.41, 5.74) is 0. The van der Waals surface area contributed by atoms with Crippen molar-refractivity contribution in [2.75, 3.05) is 19.8 Å². The van der Waals surface area contributed by atoms with Crippen molar-refractivity contribution in [2.45, 2.75) is 32.6 Å². The molecule has 70 valence electrons. The summed E-state index contributed by atoms with van der Waals surface area (Å²) in [5, 5.41) is 2.91. The fraction of sp³-hybridized carbons (Fsp3) is 0.889. The molecule has 0 radical (unpaired) electrons. The maximum atomic E-state index is 11.1. The first-order chi connectivity index (χ1) is 5.83. The number of nitrogens with zero attached hydrogens (tertiary/aromatic N) is 1. The number of hydrogen-bond donors (Lipinski definition) is 1. The lowest BCUT2D eigenvalue weighted by Crippen LogP contribution is -2.35. The summed E-state index contributed by atoms with van der Waals surface area (Å²) in [4.78, 5) is 13.3. The minimum atomic E-state index is 0.185. The monoisotopic (exact) mass is 170 g/mol. The van der Waals surface area contributed by atoms with Crippen LogP contribution in [0.3, 0.4) is 0 Å². The van der Waals surface area contributed by atoms with Gasteiger partial charge in [0.25, 0.3) is 0 Å². The molecule has 3 nitrogen and oxygen atoms in total. The third-order valence-electron chi connectivity index (χ3n) is 2.18. The second-order valence-corrected chi connectivity index (χ2v) is 3.33. The van der Waals surface area contributed by atoms with Crippen molar-refractivity contribution in [3.63, 3.8) is 0 Å². The van der Waals surface area contributed by atoms with Gasteiger partial charge < -0.3 is 5.32 Å². The lowest BCUT2D eigenvalue weighted by molar-refractivity contribution is -0.121. The zero-order valence-corrected chi connectivity index (χ0v) is 7.81. The van der Waals surface area contributed by atoms with E-state index in [0.29, 0.717) is 6.42 Å². The normalized spacial score (nSPS) is 18.1. The SMILES string of the molecule is CCCC(=O)NCN1CCCC1. The molecule has 12 heavy (non-hydrogen) atoms. The van der Waals surface area contributed by atoms with Crippen molar-refractivity contribution in [3.8, 4) is 0 Å². The van der Waals surface area contributed by atoms with Crippen LogP contribution in [-0.2, 0) is 4.79 Å². The van der Waals surface area contributed by atoms with Crippen molar-refractivity contribution < 1.29 is 4.79 Å². The zero-order valence-electron chi connectivity index (χ0n) is 7.81. The third-order valence-corrected chi connectivity index (χ3v) is 2.18. The highest BCUT2D eigenvalue weighted by Crippen LogP contribution is 2.04. The van der Waals surface area contributed by atoms with E-state index in [1.807, 2.05) is 6.92 Å². The van der Waals surface area contributed by atoms with Gasteiger partial charge in [-0.1, -0.05) is 6.92 Å². The molecule has 1 aliphatic rings. The van der Waals surface area contributed by atoms with Gasteiger partial charge >= 0.3 is 0 Å². The van der Waals surface area contributed by atoms with Crippen molar-refractivity contribution in [3.05, 3.63) is 0 Å². The van der Waals surface area contributed by atoms with Gasteiger partial charge in [0.1, 0.15) is 0 Å². The Morgan fingerprint density at radius 1 is 1.42 bits per heavy atom. The van der Waals surface area contributed by atoms with Gasteiger partial charge in [0.2, 0.25) is 5.91 Å². The topological polar surface area (TPSA) is 32.3 Å². The molecule has 0 saturated carbocycles. The zero-order chi connectivity index (χ0) is 8.81. The molecule has 1 heterocycles. The molecule has 0 aromatic carbocycles. The summed E-state index contributed by atoms with van der Waals surface area (Å²) in [7, 11) is 0. The Kier molecular flexibility index (Phi) is 4.08. The summed E-state index contributed by atoms with van der Waals surface area (Å²) in [5.74, 6) is 0.185. The van der Waals surface area contributed by atoms with Crippen molar-refractivity contribution >= 4 is 5.91 Å². The molecule has 0 spiro atoms. The minimum absolute atomic E-state index is 0.185. The van der Waals surface area contributed by atoms with Gasteiger partial charge in [0.15, 0.2) is 0 Å². The maximum absolute atomic E-state index is 11.1. The average Bonchev–Trinajstić information content (AvgIpc) is 2.53. The van der Waals surface area contributed by atoms with E-state index in [2.05, 4.69) is 10.2 Å². The molecule has 1 amide bonds. The lowest BCUT2D eigenvalue weighted by Gasteiger charge is -2.14. The number of carbonyl (C=O) groups excluding carboxylic acids is 1. The molecule has 0 aliphatic carbocycles.